The fraction of sp³-hybridized carbons (Fsp3) is 0.750. The second kappa shape index (κ2) is 4.14. The minimum atomic E-state index is -0.400. The smallest absolute Gasteiger partial charge is 0.137 e. The van der Waals surface area contributed by atoms with E-state index in [9.17, 15) is 4.39 Å². The van der Waals surface area contributed by atoms with Crippen molar-refractivity contribution in [2.75, 3.05) is 5.75 Å². The molecule has 0 saturated carbocycles. The van der Waals surface area contributed by atoms with Crippen molar-refractivity contribution in [1.82, 2.24) is 0 Å². The maximum absolute atomic E-state index is 12.9. The molecule has 0 bridgehead atoms. The number of halogens is 1. The van der Waals surface area contributed by atoms with Gasteiger partial charge in [-0.25, -0.2) is 4.39 Å². The Morgan fingerprint density at radius 1 is 1.75 bits per heavy atom. The molecule has 1 aliphatic carbocycles. The lowest BCUT2D eigenvalue weighted by atomic mass is 9.87. The van der Waals surface area contributed by atoms with Gasteiger partial charge in [-0.3, -0.25) is 0 Å². The molecule has 0 saturated heterocycles. The summed E-state index contributed by atoms with van der Waals surface area (Å²) in [5.74, 6) is 0.207. The highest BCUT2D eigenvalue weighted by Crippen LogP contribution is 2.30. The summed E-state index contributed by atoms with van der Waals surface area (Å²) >= 11 is 4.05. The Bertz CT molecular complexity index is 195. The number of hydrogen-bond acceptors (Lipinski definition) is 3. The molecule has 2 atom stereocenters. The van der Waals surface area contributed by atoms with Gasteiger partial charge in [-0.2, -0.15) is 12.6 Å². The van der Waals surface area contributed by atoms with Crippen molar-refractivity contribution in [2.45, 2.75) is 25.3 Å². The fourth-order valence-electron chi connectivity index (χ4n) is 1.42. The van der Waals surface area contributed by atoms with Crippen molar-refractivity contribution in [3.05, 3.63) is 11.6 Å². The predicted molar refractivity (Wildman–Crippen MR) is 49.9 cm³/mol. The average Bonchev–Trinajstić information content (AvgIpc) is 2.08. The molecule has 1 aliphatic rings. The van der Waals surface area contributed by atoms with Crippen LogP contribution < -0.4 is 5.73 Å². The van der Waals surface area contributed by atoms with E-state index in [0.29, 0.717) is 12.2 Å². The van der Waals surface area contributed by atoms with E-state index in [0.717, 1.165) is 6.42 Å². The van der Waals surface area contributed by atoms with E-state index in [1.54, 1.807) is 0 Å². The standard InChI is InChI=1S/C8H14FNOS/c9-6-3-5(7(10)4-12)1-2-8(6)11/h5,7,11-12H,1-4,10H2. The van der Waals surface area contributed by atoms with Gasteiger partial charge >= 0.3 is 0 Å². The van der Waals surface area contributed by atoms with Crippen molar-refractivity contribution in [3.8, 4) is 0 Å². The van der Waals surface area contributed by atoms with Crippen LogP contribution in [0.25, 0.3) is 0 Å². The third-order valence-electron chi connectivity index (χ3n) is 2.32. The van der Waals surface area contributed by atoms with E-state index in [1.165, 1.54) is 0 Å². The van der Waals surface area contributed by atoms with Crippen molar-refractivity contribution >= 4 is 12.6 Å². The van der Waals surface area contributed by atoms with Gasteiger partial charge in [-0.05, 0) is 12.3 Å². The summed E-state index contributed by atoms with van der Waals surface area (Å²) in [5.41, 5.74) is 5.71. The molecular formula is C8H14FNOS. The maximum Gasteiger partial charge on any atom is 0.137 e. The Balaban J connectivity index is 2.54. The number of allylic oxidation sites excluding steroid dienone is 2. The van der Waals surface area contributed by atoms with Crippen LogP contribution in [-0.4, -0.2) is 16.9 Å². The van der Waals surface area contributed by atoms with Gasteiger partial charge in [0.2, 0.25) is 0 Å². The summed E-state index contributed by atoms with van der Waals surface area (Å²) in [6.07, 6.45) is 1.45. The zero-order valence-corrected chi connectivity index (χ0v) is 7.73. The highest BCUT2D eigenvalue weighted by atomic mass is 32.1. The molecule has 0 aromatic carbocycles. The van der Waals surface area contributed by atoms with E-state index >= 15 is 0 Å². The van der Waals surface area contributed by atoms with Crippen LogP contribution in [0.3, 0.4) is 0 Å². The number of rotatable bonds is 2. The summed E-state index contributed by atoms with van der Waals surface area (Å²) < 4.78 is 12.9. The third-order valence-corrected chi connectivity index (χ3v) is 2.74. The van der Waals surface area contributed by atoms with Crippen molar-refractivity contribution in [2.24, 2.45) is 11.7 Å². The number of hydrogen-bond donors (Lipinski definition) is 3. The molecule has 12 heavy (non-hydrogen) atoms. The Kier molecular flexibility index (Phi) is 3.40. The summed E-state index contributed by atoms with van der Waals surface area (Å²) in [4.78, 5) is 0. The number of aliphatic hydroxyl groups excluding tert-OH is 1. The van der Waals surface area contributed by atoms with E-state index in [2.05, 4.69) is 12.6 Å². The molecule has 3 N–H and O–H groups in total. The van der Waals surface area contributed by atoms with Crippen LogP contribution in [-0.2, 0) is 0 Å². The molecule has 0 fully saturated rings. The van der Waals surface area contributed by atoms with Gasteiger partial charge in [0.15, 0.2) is 0 Å². The topological polar surface area (TPSA) is 46.2 Å². The number of thiol groups is 1. The highest BCUT2D eigenvalue weighted by molar-refractivity contribution is 7.80. The predicted octanol–water partition coefficient (Wildman–Crippen LogP) is 1.78. The first-order chi connectivity index (χ1) is 5.65. The van der Waals surface area contributed by atoms with E-state index in [4.69, 9.17) is 10.8 Å². The monoisotopic (exact) mass is 191 g/mol. The average molecular weight is 191 g/mol. The first kappa shape index (κ1) is 9.86. The Morgan fingerprint density at radius 3 is 2.92 bits per heavy atom. The quantitative estimate of drug-likeness (QED) is 0.583. The maximum atomic E-state index is 12.9. The Labute approximate surface area is 77.1 Å². The zero-order chi connectivity index (χ0) is 9.14. The third kappa shape index (κ3) is 2.14. The Hall–Kier alpha value is -0.220. The van der Waals surface area contributed by atoms with E-state index in [1.807, 2.05) is 0 Å². The molecule has 0 radical (unpaired) electrons. The molecule has 0 aliphatic heterocycles. The van der Waals surface area contributed by atoms with Gasteiger partial charge in [0.25, 0.3) is 0 Å². The van der Waals surface area contributed by atoms with Crippen LogP contribution >= 0.6 is 12.6 Å². The summed E-state index contributed by atoms with van der Waals surface area (Å²) in [5, 5.41) is 8.99. The fourth-order valence-corrected chi connectivity index (χ4v) is 1.72. The van der Waals surface area contributed by atoms with E-state index in [-0.39, 0.29) is 24.1 Å². The zero-order valence-electron chi connectivity index (χ0n) is 6.83. The van der Waals surface area contributed by atoms with Crippen molar-refractivity contribution < 1.29 is 9.50 Å². The normalized spacial score (nSPS) is 27.4. The van der Waals surface area contributed by atoms with Gasteiger partial charge in [0, 0.05) is 24.6 Å². The first-order valence-corrected chi connectivity index (χ1v) is 4.71. The molecule has 0 amide bonds. The number of nitrogens with two attached hydrogens (primary N) is 1. The lowest BCUT2D eigenvalue weighted by Crippen LogP contribution is -2.33. The highest BCUT2D eigenvalue weighted by Gasteiger charge is 2.24. The second-order valence-electron chi connectivity index (χ2n) is 3.20. The van der Waals surface area contributed by atoms with Crippen LogP contribution in [0.5, 0.6) is 0 Å². The molecule has 70 valence electrons. The lowest BCUT2D eigenvalue weighted by Gasteiger charge is -2.25. The van der Waals surface area contributed by atoms with Crippen LogP contribution in [0.15, 0.2) is 11.6 Å². The van der Waals surface area contributed by atoms with Crippen LogP contribution in [0.1, 0.15) is 19.3 Å². The molecular weight excluding hydrogens is 177 g/mol. The van der Waals surface area contributed by atoms with Crippen LogP contribution in [0.2, 0.25) is 0 Å². The summed E-state index contributed by atoms with van der Waals surface area (Å²) in [6, 6.07) is -0.0628. The van der Waals surface area contributed by atoms with E-state index < -0.39 is 5.83 Å². The summed E-state index contributed by atoms with van der Waals surface area (Å²) in [6.45, 7) is 0. The second-order valence-corrected chi connectivity index (χ2v) is 3.57. The van der Waals surface area contributed by atoms with Gasteiger partial charge in [0.1, 0.15) is 11.6 Å². The molecule has 4 heteroatoms. The van der Waals surface area contributed by atoms with Crippen molar-refractivity contribution in [1.29, 1.82) is 0 Å². The molecule has 0 heterocycles. The van der Waals surface area contributed by atoms with Crippen molar-refractivity contribution in [3.63, 3.8) is 0 Å². The first-order valence-electron chi connectivity index (χ1n) is 4.08. The molecule has 0 aromatic rings. The molecule has 2 unspecified atom stereocenters. The molecule has 1 rings (SSSR count). The number of aliphatic hydroxyl groups is 1. The van der Waals surface area contributed by atoms with Gasteiger partial charge in [0.05, 0.1) is 0 Å². The Morgan fingerprint density at radius 2 is 2.42 bits per heavy atom. The van der Waals surface area contributed by atoms with Crippen LogP contribution in [0, 0.1) is 5.92 Å². The molecule has 0 aromatic heterocycles. The van der Waals surface area contributed by atoms with Gasteiger partial charge in [-0.15, -0.1) is 0 Å². The minimum Gasteiger partial charge on any atom is -0.510 e. The van der Waals surface area contributed by atoms with Gasteiger partial charge < -0.3 is 10.8 Å². The summed E-state index contributed by atoms with van der Waals surface area (Å²) in [7, 11) is 0. The van der Waals surface area contributed by atoms with Crippen LogP contribution in [0.4, 0.5) is 4.39 Å². The van der Waals surface area contributed by atoms with Gasteiger partial charge in [-0.1, -0.05) is 0 Å². The largest absolute Gasteiger partial charge is 0.510 e. The lowest BCUT2D eigenvalue weighted by molar-refractivity contribution is 0.274. The minimum absolute atomic E-state index is 0.0628. The molecule has 0 spiro atoms. The SMILES string of the molecule is NC(CS)C1CCC(O)=C(F)C1. The molecule has 2 nitrogen and oxygen atoms in total.